The zero-order valence-corrected chi connectivity index (χ0v) is 48.3. The van der Waals surface area contributed by atoms with Gasteiger partial charge < -0.3 is 24.2 Å². The van der Waals surface area contributed by atoms with E-state index in [1.54, 1.807) is 0 Å². The van der Waals surface area contributed by atoms with Gasteiger partial charge in [0.25, 0.3) is 0 Å². The smallest absolute Gasteiger partial charge is 0.462 e. The molecule has 0 aliphatic carbocycles. The molecule has 0 bridgehead atoms. The third-order valence-electron chi connectivity index (χ3n) is 11.6. The van der Waals surface area contributed by atoms with Crippen molar-refractivity contribution in [2.24, 2.45) is 0 Å². The molecule has 0 saturated heterocycles. The average molecular weight is 1080 g/mol. The predicted molar refractivity (Wildman–Crippen MR) is 316 cm³/mol. The van der Waals surface area contributed by atoms with E-state index in [0.717, 1.165) is 135 Å². The molecule has 0 rings (SSSR count). The van der Waals surface area contributed by atoms with Crippen LogP contribution in [0, 0.1) is 0 Å². The summed E-state index contributed by atoms with van der Waals surface area (Å²) in [4.78, 5) is 48.5. The van der Waals surface area contributed by atoms with Crippen LogP contribution < -0.4 is 0 Å². The molecule has 0 aliphatic rings. The average Bonchev–Trinajstić information content (AvgIpc) is 3.41. The van der Waals surface area contributed by atoms with Crippen molar-refractivity contribution in [3.05, 3.63) is 134 Å². The zero-order valence-electron chi connectivity index (χ0n) is 47.4. The standard InChI is InChI=1S/C64H103O11P/c1-4-7-10-13-16-19-22-25-28-29-30-31-34-35-38-41-44-47-50-53-62(66)71-57-61(75-64(68)55-52-49-46-43-40-37-33-27-24-21-18-15-12-9-6-3)59-73-76(69,70)72-58-60(56-65)74-63(67)54-51-48-45-42-39-36-32-26-23-20-17-14-11-8-5-2/h7,9-10,12,16-21,25-28,30-33,35,38,44,47,60-61,65H,4-6,8,11,13-15,22-24,29,34,36-37,39-43,45-46,48-59H2,1-3H3,(H,69,70)/b10-7-,12-9-,19-16-,20-17-,21-18-,28-25-,31-30-,32-26-,33-27-,38-35-,47-44-. The fraction of sp³-hybridized carbons (Fsp3) is 0.609. The van der Waals surface area contributed by atoms with Gasteiger partial charge in [-0.15, -0.1) is 0 Å². The number of hydrogen-bond donors (Lipinski definition) is 2. The summed E-state index contributed by atoms with van der Waals surface area (Å²) in [6.07, 6.45) is 71.3. The van der Waals surface area contributed by atoms with Crippen LogP contribution in [0.15, 0.2) is 134 Å². The van der Waals surface area contributed by atoms with Crippen LogP contribution in [0.25, 0.3) is 0 Å². The molecule has 11 nitrogen and oxygen atoms in total. The van der Waals surface area contributed by atoms with Gasteiger partial charge in [-0.2, -0.15) is 0 Å². The first-order chi connectivity index (χ1) is 37.2. The number of hydrogen-bond acceptors (Lipinski definition) is 10. The molecule has 2 N–H and O–H groups in total. The highest BCUT2D eigenvalue weighted by Crippen LogP contribution is 2.43. The number of rotatable bonds is 52. The Bertz CT molecular complexity index is 1780. The number of unbranched alkanes of at least 4 members (excludes halogenated alkanes) is 13. The van der Waals surface area contributed by atoms with E-state index in [1.165, 1.54) is 19.3 Å². The molecule has 430 valence electrons. The highest BCUT2D eigenvalue weighted by Gasteiger charge is 2.28. The van der Waals surface area contributed by atoms with Gasteiger partial charge in [-0.25, -0.2) is 4.57 Å². The number of carbonyl (C=O) groups is 3. The molecule has 12 heteroatoms. The van der Waals surface area contributed by atoms with Crippen LogP contribution in [0.1, 0.15) is 213 Å². The quantitative estimate of drug-likeness (QED) is 0.0197. The number of allylic oxidation sites excluding steroid dienone is 22. The van der Waals surface area contributed by atoms with E-state index < -0.39 is 64.4 Å². The molecule has 0 fully saturated rings. The fourth-order valence-corrected chi connectivity index (χ4v) is 7.97. The molecule has 0 aromatic heterocycles. The maximum absolute atomic E-state index is 12.9. The summed E-state index contributed by atoms with van der Waals surface area (Å²) in [7, 11) is -4.78. The summed E-state index contributed by atoms with van der Waals surface area (Å²) in [5.41, 5.74) is 0. The van der Waals surface area contributed by atoms with E-state index in [2.05, 4.69) is 142 Å². The van der Waals surface area contributed by atoms with Gasteiger partial charge in [0, 0.05) is 19.3 Å². The van der Waals surface area contributed by atoms with Crippen molar-refractivity contribution in [3.8, 4) is 0 Å². The van der Waals surface area contributed by atoms with Crippen LogP contribution in [-0.2, 0) is 42.2 Å². The number of phosphoric ester groups is 1. The Labute approximate surface area is 461 Å². The van der Waals surface area contributed by atoms with Gasteiger partial charge in [0.15, 0.2) is 6.10 Å². The first-order valence-electron chi connectivity index (χ1n) is 29.1. The predicted octanol–water partition coefficient (Wildman–Crippen LogP) is 17.4. The number of esters is 3. The third kappa shape index (κ3) is 54.4. The van der Waals surface area contributed by atoms with E-state index in [-0.39, 0.29) is 19.3 Å². The number of aliphatic hydroxyl groups is 1. The summed E-state index contributed by atoms with van der Waals surface area (Å²) < 4.78 is 39.4. The monoisotopic (exact) mass is 1080 g/mol. The van der Waals surface area contributed by atoms with Crippen molar-refractivity contribution in [2.45, 2.75) is 226 Å². The fourth-order valence-electron chi connectivity index (χ4n) is 7.19. The second-order valence-electron chi connectivity index (χ2n) is 18.7. The highest BCUT2D eigenvalue weighted by molar-refractivity contribution is 7.47. The Morgan fingerprint density at radius 2 is 0.711 bits per heavy atom. The van der Waals surface area contributed by atoms with Crippen LogP contribution in [-0.4, -0.2) is 66.5 Å². The van der Waals surface area contributed by atoms with Crippen molar-refractivity contribution in [3.63, 3.8) is 0 Å². The summed E-state index contributed by atoms with van der Waals surface area (Å²) in [5, 5.41) is 9.82. The van der Waals surface area contributed by atoms with Crippen LogP contribution >= 0.6 is 7.82 Å². The Morgan fingerprint density at radius 3 is 1.11 bits per heavy atom. The van der Waals surface area contributed by atoms with Crippen LogP contribution in [0.3, 0.4) is 0 Å². The minimum Gasteiger partial charge on any atom is -0.462 e. The van der Waals surface area contributed by atoms with Gasteiger partial charge in [-0.1, -0.05) is 206 Å². The van der Waals surface area contributed by atoms with E-state index in [1.807, 2.05) is 12.2 Å². The summed E-state index contributed by atoms with van der Waals surface area (Å²) >= 11 is 0. The lowest BCUT2D eigenvalue weighted by Crippen LogP contribution is -2.30. The van der Waals surface area contributed by atoms with Gasteiger partial charge in [0.05, 0.1) is 19.8 Å². The second kappa shape index (κ2) is 56.8. The molecular weight excluding hydrogens is 976 g/mol. The molecule has 0 aromatic carbocycles. The van der Waals surface area contributed by atoms with Gasteiger partial charge in [-0.3, -0.25) is 23.4 Å². The maximum Gasteiger partial charge on any atom is 0.472 e. The van der Waals surface area contributed by atoms with Crippen LogP contribution in [0.2, 0.25) is 0 Å². The highest BCUT2D eigenvalue weighted by atomic mass is 31.2. The molecule has 3 unspecified atom stereocenters. The molecule has 0 aromatic rings. The molecule has 0 radical (unpaired) electrons. The van der Waals surface area contributed by atoms with Crippen molar-refractivity contribution in [1.82, 2.24) is 0 Å². The van der Waals surface area contributed by atoms with Crippen molar-refractivity contribution < 1.29 is 52.2 Å². The third-order valence-corrected chi connectivity index (χ3v) is 12.5. The van der Waals surface area contributed by atoms with Gasteiger partial charge in [0.2, 0.25) is 0 Å². The number of ether oxygens (including phenoxy) is 3. The van der Waals surface area contributed by atoms with E-state index in [4.69, 9.17) is 23.3 Å². The zero-order chi connectivity index (χ0) is 55.5. The van der Waals surface area contributed by atoms with Gasteiger partial charge in [0.1, 0.15) is 12.7 Å². The lowest BCUT2D eigenvalue weighted by Gasteiger charge is -2.21. The molecule has 0 heterocycles. The minimum atomic E-state index is -4.78. The largest absolute Gasteiger partial charge is 0.472 e. The van der Waals surface area contributed by atoms with Gasteiger partial charge in [-0.05, 0) is 122 Å². The second-order valence-corrected chi connectivity index (χ2v) is 20.1. The first-order valence-corrected chi connectivity index (χ1v) is 30.6. The lowest BCUT2D eigenvalue weighted by molar-refractivity contribution is -0.161. The Balaban J connectivity index is 4.88. The number of aliphatic hydroxyl groups excluding tert-OH is 1. The molecular formula is C64H103O11P. The Hall–Kier alpha value is -4.38. The topological polar surface area (TPSA) is 155 Å². The normalized spacial score (nSPS) is 14.3. The summed E-state index contributed by atoms with van der Waals surface area (Å²) in [6.45, 7) is 4.25. The van der Waals surface area contributed by atoms with Crippen molar-refractivity contribution >= 4 is 25.7 Å². The minimum absolute atomic E-state index is 0.0892. The Kier molecular flexibility index (Phi) is 53.5. The van der Waals surface area contributed by atoms with E-state index in [9.17, 15) is 28.9 Å². The summed E-state index contributed by atoms with van der Waals surface area (Å²) in [6, 6.07) is 0. The molecule has 0 spiro atoms. The first kappa shape index (κ1) is 71.6. The van der Waals surface area contributed by atoms with E-state index in [0.29, 0.717) is 19.3 Å². The van der Waals surface area contributed by atoms with Crippen molar-refractivity contribution in [1.29, 1.82) is 0 Å². The molecule has 3 atom stereocenters. The molecule has 0 saturated carbocycles. The number of phosphoric acid groups is 1. The van der Waals surface area contributed by atoms with Crippen LogP contribution in [0.4, 0.5) is 0 Å². The lowest BCUT2D eigenvalue weighted by atomic mass is 10.1. The van der Waals surface area contributed by atoms with E-state index >= 15 is 0 Å². The van der Waals surface area contributed by atoms with Crippen LogP contribution in [0.5, 0.6) is 0 Å². The Morgan fingerprint density at radius 1 is 0.382 bits per heavy atom. The molecule has 0 aliphatic heterocycles. The molecule has 76 heavy (non-hydrogen) atoms. The summed E-state index contributed by atoms with van der Waals surface area (Å²) in [5.74, 6) is -1.62. The van der Waals surface area contributed by atoms with Gasteiger partial charge >= 0.3 is 25.7 Å². The SMILES string of the molecule is CC/C=C\C/C=C\C/C=C\C/C=C\C/C=C\C/C=C\CCC(=O)OCC(COP(=O)(O)OCC(CO)OC(=O)CCCCCCC/C=C\C/C=C\CCCCC)OC(=O)CCCCCCC/C=C\C/C=C\C/C=C\CC. The van der Waals surface area contributed by atoms with Crippen molar-refractivity contribution in [2.75, 3.05) is 26.4 Å². The molecule has 0 amide bonds. The number of carbonyl (C=O) groups excluding carboxylic acids is 3. The maximum atomic E-state index is 12.9.